The topological polar surface area (TPSA) is 67.5 Å². The molecule has 0 bridgehead atoms. The van der Waals surface area contributed by atoms with E-state index in [0.717, 1.165) is 18.6 Å². The van der Waals surface area contributed by atoms with E-state index < -0.39 is 5.97 Å². The van der Waals surface area contributed by atoms with Crippen LogP contribution in [0.25, 0.3) is 11.0 Å². The maximum absolute atomic E-state index is 13.0. The van der Waals surface area contributed by atoms with E-state index in [9.17, 15) is 14.7 Å². The Morgan fingerprint density at radius 2 is 1.92 bits per heavy atom. The minimum absolute atomic E-state index is 0.0927. The standard InChI is InChI=1S/C22H20O4/c1-2-6-15-20(23)18-11-14(22(24)25)9-10-19(18)26-21(15)17-12-16(17)13-7-4-3-5-8-13/h3-5,7-11,16-17H,2,6,12H2,1H3,(H,24,25). The molecule has 132 valence electrons. The van der Waals surface area contributed by atoms with Gasteiger partial charge in [-0.05, 0) is 42.5 Å². The summed E-state index contributed by atoms with van der Waals surface area (Å²) in [4.78, 5) is 24.3. The van der Waals surface area contributed by atoms with E-state index in [4.69, 9.17) is 4.42 Å². The summed E-state index contributed by atoms with van der Waals surface area (Å²) in [6, 6.07) is 14.8. The number of rotatable bonds is 5. The molecule has 1 aliphatic carbocycles. The van der Waals surface area contributed by atoms with E-state index in [-0.39, 0.29) is 16.9 Å². The van der Waals surface area contributed by atoms with Gasteiger partial charge in [-0.1, -0.05) is 43.7 Å². The first kappa shape index (κ1) is 16.6. The molecule has 0 spiro atoms. The van der Waals surface area contributed by atoms with E-state index in [0.29, 0.717) is 28.9 Å². The minimum atomic E-state index is -1.04. The van der Waals surface area contributed by atoms with Gasteiger partial charge in [-0.15, -0.1) is 0 Å². The zero-order chi connectivity index (χ0) is 18.3. The van der Waals surface area contributed by atoms with Crippen LogP contribution in [0.15, 0.2) is 57.7 Å². The van der Waals surface area contributed by atoms with Gasteiger partial charge in [-0.25, -0.2) is 4.79 Å². The van der Waals surface area contributed by atoms with Gasteiger partial charge >= 0.3 is 5.97 Å². The van der Waals surface area contributed by atoms with Crippen LogP contribution in [-0.2, 0) is 6.42 Å². The van der Waals surface area contributed by atoms with Crippen LogP contribution in [0, 0.1) is 0 Å². The maximum atomic E-state index is 13.0. The van der Waals surface area contributed by atoms with Crippen molar-refractivity contribution in [1.82, 2.24) is 0 Å². The second-order valence-electron chi connectivity index (χ2n) is 6.90. The molecule has 1 N–H and O–H groups in total. The van der Waals surface area contributed by atoms with Crippen LogP contribution < -0.4 is 5.43 Å². The molecule has 1 heterocycles. The van der Waals surface area contributed by atoms with E-state index >= 15 is 0 Å². The highest BCUT2D eigenvalue weighted by atomic mass is 16.4. The van der Waals surface area contributed by atoms with E-state index in [2.05, 4.69) is 12.1 Å². The second kappa shape index (κ2) is 6.45. The fraction of sp³-hybridized carbons (Fsp3) is 0.273. The zero-order valence-electron chi connectivity index (χ0n) is 14.6. The number of benzene rings is 2. The highest BCUT2D eigenvalue weighted by Gasteiger charge is 2.43. The van der Waals surface area contributed by atoms with E-state index in [1.54, 1.807) is 6.07 Å². The number of hydrogen-bond acceptors (Lipinski definition) is 3. The average molecular weight is 348 g/mol. The van der Waals surface area contributed by atoms with Crippen LogP contribution in [0.5, 0.6) is 0 Å². The van der Waals surface area contributed by atoms with Crippen molar-refractivity contribution in [2.24, 2.45) is 0 Å². The maximum Gasteiger partial charge on any atom is 0.335 e. The van der Waals surface area contributed by atoms with E-state index in [1.165, 1.54) is 17.7 Å². The summed E-state index contributed by atoms with van der Waals surface area (Å²) in [6.07, 6.45) is 2.45. The third-order valence-corrected chi connectivity index (χ3v) is 5.12. The monoisotopic (exact) mass is 348 g/mol. The van der Waals surface area contributed by atoms with Crippen molar-refractivity contribution < 1.29 is 14.3 Å². The molecule has 1 aromatic heterocycles. The summed E-state index contributed by atoms with van der Waals surface area (Å²) < 4.78 is 6.14. The molecule has 0 aliphatic heterocycles. The quantitative estimate of drug-likeness (QED) is 0.725. The normalized spacial score (nSPS) is 18.8. The van der Waals surface area contributed by atoms with Crippen LogP contribution in [-0.4, -0.2) is 11.1 Å². The molecule has 4 rings (SSSR count). The zero-order valence-corrected chi connectivity index (χ0v) is 14.6. The van der Waals surface area contributed by atoms with Gasteiger partial charge in [0.15, 0.2) is 5.43 Å². The van der Waals surface area contributed by atoms with Gasteiger partial charge in [0.05, 0.1) is 10.9 Å². The van der Waals surface area contributed by atoms with Crippen molar-refractivity contribution in [3.63, 3.8) is 0 Å². The number of fused-ring (bicyclic) bond motifs is 1. The lowest BCUT2D eigenvalue weighted by Gasteiger charge is -2.10. The molecule has 1 fully saturated rings. The summed E-state index contributed by atoms with van der Waals surface area (Å²) in [6.45, 7) is 2.03. The van der Waals surface area contributed by atoms with Crippen molar-refractivity contribution >= 4 is 16.9 Å². The molecule has 4 nitrogen and oxygen atoms in total. The summed E-state index contributed by atoms with van der Waals surface area (Å²) in [5, 5.41) is 9.54. The fourth-order valence-corrected chi connectivity index (χ4v) is 3.72. The van der Waals surface area contributed by atoms with Crippen LogP contribution in [0.3, 0.4) is 0 Å². The molecule has 2 aromatic carbocycles. The van der Waals surface area contributed by atoms with Gasteiger partial charge in [0, 0.05) is 11.5 Å². The fourth-order valence-electron chi connectivity index (χ4n) is 3.72. The highest BCUT2D eigenvalue weighted by Crippen LogP contribution is 2.55. The second-order valence-corrected chi connectivity index (χ2v) is 6.90. The molecule has 1 saturated carbocycles. The Morgan fingerprint density at radius 1 is 1.15 bits per heavy atom. The van der Waals surface area contributed by atoms with Gasteiger partial charge in [-0.2, -0.15) is 0 Å². The lowest BCUT2D eigenvalue weighted by atomic mass is 10.0. The Labute approximate surface area is 151 Å². The molecule has 2 atom stereocenters. The Hall–Kier alpha value is -2.88. The van der Waals surface area contributed by atoms with Crippen molar-refractivity contribution in [2.45, 2.75) is 38.0 Å². The number of carboxylic acid groups (broad SMARTS) is 1. The molecule has 2 unspecified atom stereocenters. The smallest absolute Gasteiger partial charge is 0.335 e. The molecule has 0 radical (unpaired) electrons. The molecule has 3 aromatic rings. The molecule has 4 heteroatoms. The third-order valence-electron chi connectivity index (χ3n) is 5.12. The number of carbonyl (C=O) groups is 1. The summed E-state index contributed by atoms with van der Waals surface area (Å²) >= 11 is 0. The molecule has 1 aliphatic rings. The molecule has 0 saturated heterocycles. The summed E-state index contributed by atoms with van der Waals surface area (Å²) in [5.74, 6) is 0.334. The van der Waals surface area contributed by atoms with E-state index in [1.807, 2.05) is 25.1 Å². The molecular formula is C22H20O4. The number of hydrogen-bond donors (Lipinski definition) is 1. The van der Waals surface area contributed by atoms with Gasteiger partial charge in [0.25, 0.3) is 0 Å². The van der Waals surface area contributed by atoms with Crippen molar-refractivity contribution in [3.8, 4) is 0 Å². The predicted molar refractivity (Wildman–Crippen MR) is 100.0 cm³/mol. The van der Waals surface area contributed by atoms with Crippen LogP contribution >= 0.6 is 0 Å². The predicted octanol–water partition coefficient (Wildman–Crippen LogP) is 4.71. The van der Waals surface area contributed by atoms with Crippen LogP contribution in [0.1, 0.15) is 58.8 Å². The lowest BCUT2D eigenvalue weighted by Crippen LogP contribution is -2.13. The molecule has 26 heavy (non-hydrogen) atoms. The first-order chi connectivity index (χ1) is 12.6. The van der Waals surface area contributed by atoms with Gasteiger partial charge in [-0.3, -0.25) is 4.79 Å². The Morgan fingerprint density at radius 3 is 2.62 bits per heavy atom. The van der Waals surface area contributed by atoms with Gasteiger partial charge in [0.1, 0.15) is 11.3 Å². The highest BCUT2D eigenvalue weighted by molar-refractivity contribution is 5.92. The van der Waals surface area contributed by atoms with Crippen molar-refractivity contribution in [2.75, 3.05) is 0 Å². The third kappa shape index (κ3) is 2.81. The first-order valence-corrected chi connectivity index (χ1v) is 8.98. The van der Waals surface area contributed by atoms with Crippen LogP contribution in [0.4, 0.5) is 0 Å². The minimum Gasteiger partial charge on any atom is -0.478 e. The SMILES string of the molecule is CCCc1c(C2CC2c2ccccc2)oc2ccc(C(=O)O)cc2c1=O. The largest absolute Gasteiger partial charge is 0.478 e. The molecular weight excluding hydrogens is 328 g/mol. The Kier molecular flexibility index (Phi) is 4.11. The average Bonchev–Trinajstić information content (AvgIpc) is 3.45. The number of carboxylic acids is 1. The van der Waals surface area contributed by atoms with Gasteiger partial charge in [0.2, 0.25) is 0 Å². The lowest BCUT2D eigenvalue weighted by molar-refractivity contribution is 0.0697. The van der Waals surface area contributed by atoms with Crippen molar-refractivity contribution in [3.05, 3.63) is 81.2 Å². The Balaban J connectivity index is 1.82. The molecule has 0 amide bonds. The summed E-state index contributed by atoms with van der Waals surface area (Å²) in [7, 11) is 0. The van der Waals surface area contributed by atoms with Crippen molar-refractivity contribution in [1.29, 1.82) is 0 Å². The summed E-state index contributed by atoms with van der Waals surface area (Å²) in [5.41, 5.74) is 2.45. The Bertz CT molecular complexity index is 1030. The van der Waals surface area contributed by atoms with Crippen LogP contribution in [0.2, 0.25) is 0 Å². The first-order valence-electron chi connectivity index (χ1n) is 8.98. The number of aromatic carboxylic acids is 1. The van der Waals surface area contributed by atoms with Gasteiger partial charge < -0.3 is 9.52 Å².